The molecule has 16 heavy (non-hydrogen) atoms. The molecule has 1 rings (SSSR count). The molecule has 0 heterocycles. The molecule has 0 spiro atoms. The van der Waals surface area contributed by atoms with Crippen LogP contribution in [0.1, 0.15) is 42.5 Å². The molecular weight excluding hydrogens is 194 g/mol. The minimum atomic E-state index is 0.0632. The lowest BCUT2D eigenvalue weighted by Gasteiger charge is -2.29. The maximum atomic E-state index is 5.75. The molecule has 0 aromatic heterocycles. The highest BCUT2D eigenvalue weighted by Gasteiger charge is 2.24. The molecule has 0 aliphatic carbocycles. The molecule has 1 aromatic carbocycles. The van der Waals surface area contributed by atoms with E-state index < -0.39 is 0 Å². The first kappa shape index (κ1) is 12.8. The molecule has 0 aliphatic rings. The standard InChI is InChI=1S/C15H23N/c1-10-7-11(2)14(12(3)8-10)15(5,6)9-13(4)16/h7-8H,4,9,16H2,1-3,5-6H3. The molecule has 0 saturated carbocycles. The van der Waals surface area contributed by atoms with E-state index in [0.717, 1.165) is 12.1 Å². The largest absolute Gasteiger partial charge is 0.402 e. The van der Waals surface area contributed by atoms with Gasteiger partial charge in [0.2, 0.25) is 0 Å². The van der Waals surface area contributed by atoms with Crippen LogP contribution in [0.3, 0.4) is 0 Å². The SMILES string of the molecule is C=C(N)CC(C)(C)c1c(C)cc(C)cc1C. The van der Waals surface area contributed by atoms with Crippen LogP contribution in [-0.4, -0.2) is 0 Å². The molecule has 0 saturated heterocycles. The van der Waals surface area contributed by atoms with Crippen LogP contribution in [0.2, 0.25) is 0 Å². The average molecular weight is 217 g/mol. The molecule has 0 aliphatic heterocycles. The van der Waals surface area contributed by atoms with Gasteiger partial charge in [-0.25, -0.2) is 0 Å². The monoisotopic (exact) mass is 217 g/mol. The molecule has 1 nitrogen and oxygen atoms in total. The highest BCUT2D eigenvalue weighted by Crippen LogP contribution is 2.34. The molecule has 0 fully saturated rings. The van der Waals surface area contributed by atoms with Gasteiger partial charge in [-0.05, 0) is 49.3 Å². The third kappa shape index (κ3) is 2.66. The maximum Gasteiger partial charge on any atom is 0.00162 e. The Kier molecular flexibility index (Phi) is 3.47. The van der Waals surface area contributed by atoms with Crippen molar-refractivity contribution in [3.8, 4) is 0 Å². The smallest absolute Gasteiger partial charge is 0.00162 e. The molecule has 0 atom stereocenters. The second-order valence-corrected chi connectivity index (χ2v) is 5.49. The Balaban J connectivity index is 3.27. The van der Waals surface area contributed by atoms with Crippen molar-refractivity contribution >= 4 is 0 Å². The first-order chi connectivity index (χ1) is 7.24. The number of nitrogens with two attached hydrogens (primary N) is 1. The zero-order valence-electron chi connectivity index (χ0n) is 11.1. The van der Waals surface area contributed by atoms with E-state index in [0.29, 0.717) is 0 Å². The molecule has 88 valence electrons. The van der Waals surface area contributed by atoms with Crippen molar-refractivity contribution in [3.05, 3.63) is 46.7 Å². The van der Waals surface area contributed by atoms with Gasteiger partial charge in [-0.2, -0.15) is 0 Å². The van der Waals surface area contributed by atoms with E-state index >= 15 is 0 Å². The van der Waals surface area contributed by atoms with Crippen LogP contribution in [-0.2, 0) is 5.41 Å². The Labute approximate surface area is 99.4 Å². The quantitative estimate of drug-likeness (QED) is 0.820. The van der Waals surface area contributed by atoms with Crippen molar-refractivity contribution in [2.45, 2.75) is 46.5 Å². The Morgan fingerprint density at radius 3 is 2.00 bits per heavy atom. The first-order valence-electron chi connectivity index (χ1n) is 5.75. The van der Waals surface area contributed by atoms with E-state index in [2.05, 4.69) is 53.3 Å². The van der Waals surface area contributed by atoms with Crippen molar-refractivity contribution in [2.24, 2.45) is 5.73 Å². The number of aryl methyl sites for hydroxylation is 3. The highest BCUT2D eigenvalue weighted by atomic mass is 14.6. The normalized spacial score (nSPS) is 11.6. The topological polar surface area (TPSA) is 26.0 Å². The zero-order valence-corrected chi connectivity index (χ0v) is 11.1. The summed E-state index contributed by atoms with van der Waals surface area (Å²) in [7, 11) is 0. The number of hydrogen-bond donors (Lipinski definition) is 1. The highest BCUT2D eigenvalue weighted by molar-refractivity contribution is 5.42. The summed E-state index contributed by atoms with van der Waals surface area (Å²) in [5.41, 5.74) is 12.0. The van der Waals surface area contributed by atoms with Gasteiger partial charge in [-0.1, -0.05) is 38.1 Å². The molecule has 1 heteroatoms. The molecule has 2 N–H and O–H groups in total. The Bertz CT molecular complexity index is 390. The third-order valence-electron chi connectivity index (χ3n) is 3.02. The van der Waals surface area contributed by atoms with Crippen LogP contribution in [0.4, 0.5) is 0 Å². The summed E-state index contributed by atoms with van der Waals surface area (Å²) < 4.78 is 0. The van der Waals surface area contributed by atoms with Gasteiger partial charge in [-0.3, -0.25) is 0 Å². The predicted octanol–water partition coefficient (Wildman–Crippen LogP) is 3.75. The summed E-state index contributed by atoms with van der Waals surface area (Å²) in [6.07, 6.45) is 0.831. The summed E-state index contributed by atoms with van der Waals surface area (Å²) in [4.78, 5) is 0. The van der Waals surface area contributed by atoms with E-state index in [9.17, 15) is 0 Å². The van der Waals surface area contributed by atoms with Gasteiger partial charge < -0.3 is 5.73 Å². The van der Waals surface area contributed by atoms with Gasteiger partial charge in [0.05, 0.1) is 0 Å². The van der Waals surface area contributed by atoms with Crippen LogP contribution in [0.25, 0.3) is 0 Å². The number of hydrogen-bond acceptors (Lipinski definition) is 1. The second kappa shape index (κ2) is 4.32. The Morgan fingerprint density at radius 2 is 1.62 bits per heavy atom. The summed E-state index contributed by atoms with van der Waals surface area (Å²) in [6, 6.07) is 4.48. The first-order valence-corrected chi connectivity index (χ1v) is 5.75. The second-order valence-electron chi connectivity index (χ2n) is 5.49. The predicted molar refractivity (Wildman–Crippen MR) is 71.6 cm³/mol. The summed E-state index contributed by atoms with van der Waals surface area (Å²) in [6.45, 7) is 14.8. The summed E-state index contributed by atoms with van der Waals surface area (Å²) in [5, 5.41) is 0. The molecular formula is C15H23N. The van der Waals surface area contributed by atoms with E-state index in [1.165, 1.54) is 22.3 Å². The van der Waals surface area contributed by atoms with Gasteiger partial charge >= 0.3 is 0 Å². The minimum absolute atomic E-state index is 0.0632. The third-order valence-corrected chi connectivity index (χ3v) is 3.02. The molecule has 0 radical (unpaired) electrons. The fourth-order valence-electron chi connectivity index (χ4n) is 2.90. The van der Waals surface area contributed by atoms with E-state index in [1.807, 2.05) is 0 Å². The molecule has 0 bridgehead atoms. The zero-order chi connectivity index (χ0) is 12.5. The molecule has 0 unspecified atom stereocenters. The summed E-state index contributed by atoms with van der Waals surface area (Å²) >= 11 is 0. The fraction of sp³-hybridized carbons (Fsp3) is 0.467. The van der Waals surface area contributed by atoms with E-state index in [1.54, 1.807) is 0 Å². The van der Waals surface area contributed by atoms with Crippen LogP contribution in [0.5, 0.6) is 0 Å². The van der Waals surface area contributed by atoms with Crippen molar-refractivity contribution in [3.63, 3.8) is 0 Å². The van der Waals surface area contributed by atoms with Crippen LogP contribution in [0, 0.1) is 20.8 Å². The van der Waals surface area contributed by atoms with Crippen molar-refractivity contribution < 1.29 is 0 Å². The van der Waals surface area contributed by atoms with Gasteiger partial charge in [-0.15, -0.1) is 0 Å². The number of benzene rings is 1. The fourth-order valence-corrected chi connectivity index (χ4v) is 2.90. The van der Waals surface area contributed by atoms with Crippen molar-refractivity contribution in [2.75, 3.05) is 0 Å². The maximum absolute atomic E-state index is 5.75. The van der Waals surface area contributed by atoms with Crippen molar-refractivity contribution in [1.29, 1.82) is 0 Å². The Hall–Kier alpha value is -1.24. The van der Waals surface area contributed by atoms with Crippen LogP contribution >= 0.6 is 0 Å². The van der Waals surface area contributed by atoms with Gasteiger partial charge in [0.1, 0.15) is 0 Å². The Morgan fingerprint density at radius 1 is 1.19 bits per heavy atom. The van der Waals surface area contributed by atoms with E-state index in [4.69, 9.17) is 5.73 Å². The lowest BCUT2D eigenvalue weighted by molar-refractivity contribution is 0.512. The molecule has 1 aromatic rings. The summed E-state index contributed by atoms with van der Waals surface area (Å²) in [5.74, 6) is 0. The number of rotatable bonds is 3. The van der Waals surface area contributed by atoms with Crippen molar-refractivity contribution in [1.82, 2.24) is 0 Å². The lowest BCUT2D eigenvalue weighted by Crippen LogP contribution is -2.22. The lowest BCUT2D eigenvalue weighted by atomic mass is 9.76. The van der Waals surface area contributed by atoms with E-state index in [-0.39, 0.29) is 5.41 Å². The van der Waals surface area contributed by atoms with Gasteiger partial charge in [0.25, 0.3) is 0 Å². The van der Waals surface area contributed by atoms with Crippen LogP contribution < -0.4 is 5.73 Å². The molecule has 0 amide bonds. The minimum Gasteiger partial charge on any atom is -0.402 e. The number of allylic oxidation sites excluding steroid dienone is 1. The average Bonchev–Trinajstić information content (AvgIpc) is 1.96. The van der Waals surface area contributed by atoms with Gasteiger partial charge in [0, 0.05) is 5.70 Å². The van der Waals surface area contributed by atoms with Gasteiger partial charge in [0.15, 0.2) is 0 Å². The van der Waals surface area contributed by atoms with Crippen LogP contribution in [0.15, 0.2) is 24.4 Å².